The van der Waals surface area contributed by atoms with E-state index >= 15 is 0 Å². The molecule has 3 heteroatoms. The maximum atomic E-state index is 8.87. The fourth-order valence-corrected chi connectivity index (χ4v) is 3.48. The van der Waals surface area contributed by atoms with Crippen LogP contribution in [0.15, 0.2) is 18.2 Å². The number of hydrogen-bond donors (Lipinski definition) is 1. The van der Waals surface area contributed by atoms with Crippen LogP contribution in [0.3, 0.4) is 0 Å². The quantitative estimate of drug-likeness (QED) is 0.808. The second kappa shape index (κ2) is 3.10. The second-order valence-corrected chi connectivity index (χ2v) is 5.25. The molecule has 0 spiro atoms. The number of nitriles is 1. The van der Waals surface area contributed by atoms with E-state index in [1.807, 2.05) is 18.2 Å². The van der Waals surface area contributed by atoms with Gasteiger partial charge in [-0.1, -0.05) is 6.42 Å². The Labute approximate surface area is 99.5 Å². The lowest BCUT2D eigenvalue weighted by Crippen LogP contribution is -1.89. The maximum Gasteiger partial charge on any atom is 0.110 e. The van der Waals surface area contributed by atoms with Crippen molar-refractivity contribution in [1.82, 2.24) is 9.97 Å². The van der Waals surface area contributed by atoms with Crippen LogP contribution in [-0.2, 0) is 0 Å². The minimum absolute atomic E-state index is 0.668. The van der Waals surface area contributed by atoms with Gasteiger partial charge in [0.15, 0.2) is 0 Å². The van der Waals surface area contributed by atoms with Gasteiger partial charge in [0.05, 0.1) is 22.7 Å². The fourth-order valence-electron chi connectivity index (χ4n) is 3.48. The normalized spacial score (nSPS) is 30.2. The van der Waals surface area contributed by atoms with Gasteiger partial charge in [0.2, 0.25) is 0 Å². The monoisotopic (exact) mass is 223 g/mol. The van der Waals surface area contributed by atoms with Crippen LogP contribution >= 0.6 is 0 Å². The van der Waals surface area contributed by atoms with Crippen molar-refractivity contribution < 1.29 is 0 Å². The average molecular weight is 223 g/mol. The number of H-pyrrole nitrogens is 1. The molecule has 3 nitrogen and oxygen atoms in total. The highest BCUT2D eigenvalue weighted by Gasteiger charge is 2.54. The first-order chi connectivity index (χ1) is 8.36. The van der Waals surface area contributed by atoms with Gasteiger partial charge in [-0.2, -0.15) is 5.26 Å². The first-order valence-corrected chi connectivity index (χ1v) is 6.26. The Morgan fingerprint density at radius 3 is 2.88 bits per heavy atom. The SMILES string of the molecule is N#Cc1ccc2nc(C3C4CCCC43)[nH]c2c1. The molecule has 0 amide bonds. The van der Waals surface area contributed by atoms with E-state index < -0.39 is 0 Å². The predicted octanol–water partition coefficient (Wildman–Crippen LogP) is 2.95. The number of imidazole rings is 1. The summed E-state index contributed by atoms with van der Waals surface area (Å²) in [5, 5.41) is 8.87. The van der Waals surface area contributed by atoms with E-state index in [1.54, 1.807) is 0 Å². The predicted molar refractivity (Wildman–Crippen MR) is 64.4 cm³/mol. The van der Waals surface area contributed by atoms with Gasteiger partial charge in [0.1, 0.15) is 5.82 Å². The molecule has 2 aliphatic rings. The van der Waals surface area contributed by atoms with Gasteiger partial charge in [-0.15, -0.1) is 0 Å². The minimum atomic E-state index is 0.668. The summed E-state index contributed by atoms with van der Waals surface area (Å²) in [4.78, 5) is 8.07. The molecule has 2 atom stereocenters. The summed E-state index contributed by atoms with van der Waals surface area (Å²) in [6, 6.07) is 7.83. The van der Waals surface area contributed by atoms with Crippen molar-refractivity contribution in [3.05, 3.63) is 29.6 Å². The minimum Gasteiger partial charge on any atom is -0.342 e. The average Bonchev–Trinajstić information content (AvgIpc) is 2.77. The topological polar surface area (TPSA) is 52.5 Å². The van der Waals surface area contributed by atoms with Crippen molar-refractivity contribution in [1.29, 1.82) is 5.26 Å². The molecule has 1 N–H and O–H groups in total. The van der Waals surface area contributed by atoms with E-state index in [0.717, 1.165) is 28.7 Å². The molecule has 1 aromatic heterocycles. The van der Waals surface area contributed by atoms with E-state index in [4.69, 9.17) is 5.26 Å². The zero-order chi connectivity index (χ0) is 11.4. The third kappa shape index (κ3) is 1.24. The van der Waals surface area contributed by atoms with Crippen molar-refractivity contribution in [2.75, 3.05) is 0 Å². The highest BCUT2D eigenvalue weighted by molar-refractivity contribution is 5.77. The molecule has 2 saturated carbocycles. The molecule has 2 aliphatic carbocycles. The summed E-state index contributed by atoms with van der Waals surface area (Å²) in [5.41, 5.74) is 2.69. The zero-order valence-corrected chi connectivity index (χ0v) is 9.48. The van der Waals surface area contributed by atoms with Crippen LogP contribution in [0.2, 0.25) is 0 Å². The first kappa shape index (κ1) is 9.23. The van der Waals surface area contributed by atoms with E-state index in [0.29, 0.717) is 11.5 Å². The number of aromatic nitrogens is 2. The summed E-state index contributed by atoms with van der Waals surface area (Å²) >= 11 is 0. The molecule has 0 aliphatic heterocycles. The molecule has 0 saturated heterocycles. The molecule has 1 aromatic carbocycles. The Bertz CT molecular complexity index is 624. The summed E-state index contributed by atoms with van der Waals surface area (Å²) < 4.78 is 0. The summed E-state index contributed by atoms with van der Waals surface area (Å²) in [7, 11) is 0. The van der Waals surface area contributed by atoms with Crippen molar-refractivity contribution in [3.63, 3.8) is 0 Å². The number of fused-ring (bicyclic) bond motifs is 2. The molecule has 17 heavy (non-hydrogen) atoms. The van der Waals surface area contributed by atoms with Crippen LogP contribution in [0, 0.1) is 23.2 Å². The molecule has 4 rings (SSSR count). The largest absolute Gasteiger partial charge is 0.342 e. The number of nitrogens with one attached hydrogen (secondary N) is 1. The highest BCUT2D eigenvalue weighted by atomic mass is 15.0. The number of aromatic amines is 1. The van der Waals surface area contributed by atoms with Crippen molar-refractivity contribution in [2.24, 2.45) is 11.8 Å². The van der Waals surface area contributed by atoms with Crippen LogP contribution < -0.4 is 0 Å². The molecule has 84 valence electrons. The van der Waals surface area contributed by atoms with E-state index in [9.17, 15) is 0 Å². The van der Waals surface area contributed by atoms with E-state index in [2.05, 4.69) is 16.0 Å². The second-order valence-electron chi connectivity index (χ2n) is 5.25. The lowest BCUT2D eigenvalue weighted by atomic mass is 10.1. The molecule has 2 fully saturated rings. The van der Waals surface area contributed by atoms with Crippen molar-refractivity contribution in [2.45, 2.75) is 25.2 Å². The first-order valence-electron chi connectivity index (χ1n) is 6.26. The summed E-state index contributed by atoms with van der Waals surface area (Å²) in [6.45, 7) is 0. The Kier molecular flexibility index (Phi) is 1.69. The number of rotatable bonds is 1. The molecule has 2 aromatic rings. The van der Waals surface area contributed by atoms with Crippen molar-refractivity contribution in [3.8, 4) is 6.07 Å². The van der Waals surface area contributed by atoms with Crippen LogP contribution in [0.4, 0.5) is 0 Å². The molecule has 0 radical (unpaired) electrons. The van der Waals surface area contributed by atoms with E-state index in [1.165, 1.54) is 19.3 Å². The zero-order valence-electron chi connectivity index (χ0n) is 9.48. The van der Waals surface area contributed by atoms with E-state index in [-0.39, 0.29) is 0 Å². The molecule has 0 bridgehead atoms. The van der Waals surface area contributed by atoms with Gasteiger partial charge in [-0.05, 0) is 42.9 Å². The smallest absolute Gasteiger partial charge is 0.110 e. The van der Waals surface area contributed by atoms with Gasteiger partial charge in [-0.25, -0.2) is 4.98 Å². The van der Waals surface area contributed by atoms with Gasteiger partial charge < -0.3 is 4.98 Å². The van der Waals surface area contributed by atoms with Crippen LogP contribution in [-0.4, -0.2) is 9.97 Å². The third-order valence-electron chi connectivity index (χ3n) is 4.35. The Morgan fingerprint density at radius 1 is 1.29 bits per heavy atom. The Balaban J connectivity index is 1.76. The van der Waals surface area contributed by atoms with Gasteiger partial charge in [-0.3, -0.25) is 0 Å². The number of hydrogen-bond acceptors (Lipinski definition) is 2. The van der Waals surface area contributed by atoms with Crippen molar-refractivity contribution >= 4 is 11.0 Å². The van der Waals surface area contributed by atoms with Crippen LogP contribution in [0.5, 0.6) is 0 Å². The number of nitrogens with zero attached hydrogens (tertiary/aromatic N) is 2. The maximum absolute atomic E-state index is 8.87. The molecule has 2 unspecified atom stereocenters. The van der Waals surface area contributed by atoms with Gasteiger partial charge in [0, 0.05) is 5.92 Å². The lowest BCUT2D eigenvalue weighted by Gasteiger charge is -1.97. The molecular weight excluding hydrogens is 210 g/mol. The molecular formula is C14H13N3. The molecule has 1 heterocycles. The third-order valence-corrected chi connectivity index (χ3v) is 4.35. The lowest BCUT2D eigenvalue weighted by molar-refractivity contribution is 0.664. The van der Waals surface area contributed by atoms with Crippen LogP contribution in [0.1, 0.15) is 36.6 Å². The summed E-state index contributed by atoms with van der Waals surface area (Å²) in [6.07, 6.45) is 4.14. The Hall–Kier alpha value is -1.82. The Morgan fingerprint density at radius 2 is 2.12 bits per heavy atom. The standard InChI is InChI=1S/C14H13N3/c15-7-8-4-5-11-12(6-8)17-14(16-11)13-9-2-1-3-10(9)13/h4-6,9-10,13H,1-3H2,(H,16,17). The number of benzene rings is 1. The summed E-state index contributed by atoms with van der Waals surface area (Å²) in [5.74, 6) is 3.57. The van der Waals surface area contributed by atoms with Gasteiger partial charge >= 0.3 is 0 Å². The van der Waals surface area contributed by atoms with Crippen LogP contribution in [0.25, 0.3) is 11.0 Å². The van der Waals surface area contributed by atoms with Gasteiger partial charge in [0.25, 0.3) is 0 Å². The highest BCUT2D eigenvalue weighted by Crippen LogP contribution is 2.62. The fraction of sp³-hybridized carbons (Fsp3) is 0.429.